The molecule has 0 aliphatic heterocycles. The summed E-state index contributed by atoms with van der Waals surface area (Å²) in [5.41, 5.74) is 1.46. The average Bonchev–Trinajstić information content (AvgIpc) is 2.88. The highest BCUT2D eigenvalue weighted by Crippen LogP contribution is 2.25. The van der Waals surface area contributed by atoms with E-state index >= 15 is 0 Å². The number of carbonyl (C=O) groups excluding carboxylic acids is 1. The summed E-state index contributed by atoms with van der Waals surface area (Å²) < 4.78 is 17.7. The fourth-order valence-corrected chi connectivity index (χ4v) is 4.04. The normalized spacial score (nSPS) is 11.2. The van der Waals surface area contributed by atoms with Crippen molar-refractivity contribution in [3.8, 4) is 17.2 Å². The monoisotopic (exact) mass is 498 g/mol. The van der Waals surface area contributed by atoms with Crippen molar-refractivity contribution in [2.75, 3.05) is 52.5 Å². The number of rotatable bonds is 18. The SMILES string of the molecule is CCN(CC)CCCCOc1cc(OCCCCN(CC)CC)cc(C(=O)Oc2cccc(C)c2)c1. The first-order valence-electron chi connectivity index (χ1n) is 13.6. The summed E-state index contributed by atoms with van der Waals surface area (Å²) in [6.07, 6.45) is 4.06. The van der Waals surface area contributed by atoms with E-state index in [0.29, 0.717) is 36.0 Å². The lowest BCUT2D eigenvalue weighted by atomic mass is 10.2. The zero-order chi connectivity index (χ0) is 26.2. The van der Waals surface area contributed by atoms with Gasteiger partial charge in [0.05, 0.1) is 18.8 Å². The first-order chi connectivity index (χ1) is 17.5. The van der Waals surface area contributed by atoms with Crippen LogP contribution in [-0.2, 0) is 0 Å². The zero-order valence-corrected chi connectivity index (χ0v) is 23.1. The molecule has 2 aromatic rings. The Morgan fingerprint density at radius 1 is 0.694 bits per heavy atom. The third kappa shape index (κ3) is 11.0. The molecule has 2 rings (SSSR count). The third-order valence-electron chi connectivity index (χ3n) is 6.38. The Labute approximate surface area is 218 Å². The zero-order valence-electron chi connectivity index (χ0n) is 23.1. The summed E-state index contributed by atoms with van der Waals surface area (Å²) in [7, 11) is 0. The van der Waals surface area contributed by atoms with Crippen molar-refractivity contribution < 1.29 is 19.0 Å². The summed E-state index contributed by atoms with van der Waals surface area (Å²) in [6, 6.07) is 12.8. The molecule has 0 saturated carbocycles. The number of benzene rings is 2. The summed E-state index contributed by atoms with van der Waals surface area (Å²) in [5.74, 6) is 1.38. The number of unbranched alkanes of at least 4 members (excludes halogenated alkanes) is 2. The third-order valence-corrected chi connectivity index (χ3v) is 6.38. The van der Waals surface area contributed by atoms with Gasteiger partial charge in [0, 0.05) is 6.07 Å². The van der Waals surface area contributed by atoms with Crippen molar-refractivity contribution in [1.82, 2.24) is 9.80 Å². The highest BCUT2D eigenvalue weighted by Gasteiger charge is 2.13. The molecule has 0 unspecified atom stereocenters. The molecule has 6 nitrogen and oxygen atoms in total. The second-order valence-electron chi connectivity index (χ2n) is 9.06. The van der Waals surface area contributed by atoms with Crippen molar-refractivity contribution in [2.24, 2.45) is 0 Å². The molecule has 0 aliphatic rings. The highest BCUT2D eigenvalue weighted by molar-refractivity contribution is 5.92. The Morgan fingerprint density at radius 3 is 1.69 bits per heavy atom. The number of nitrogens with zero attached hydrogens (tertiary/aromatic N) is 2. The number of ether oxygens (including phenoxy) is 3. The predicted molar refractivity (Wildman–Crippen MR) is 148 cm³/mol. The van der Waals surface area contributed by atoms with Crippen LogP contribution in [0.2, 0.25) is 0 Å². The standard InChI is InChI=1S/C30H46N2O4/c1-6-31(7-2)17-10-12-19-34-28-22-26(30(33)36-27-16-14-15-25(5)21-27)23-29(24-28)35-20-13-11-18-32(8-3)9-4/h14-16,21-24H,6-13,17-20H2,1-5H3. The minimum Gasteiger partial charge on any atom is -0.493 e. The van der Waals surface area contributed by atoms with Crippen LogP contribution in [0.4, 0.5) is 0 Å². The Balaban J connectivity index is 2.00. The van der Waals surface area contributed by atoms with Crippen LogP contribution in [0.25, 0.3) is 0 Å². The summed E-state index contributed by atoms with van der Waals surface area (Å²) in [4.78, 5) is 17.7. The van der Waals surface area contributed by atoms with E-state index in [1.165, 1.54) is 0 Å². The lowest BCUT2D eigenvalue weighted by molar-refractivity contribution is 0.0733. The van der Waals surface area contributed by atoms with Crippen LogP contribution < -0.4 is 14.2 Å². The predicted octanol–water partition coefficient (Wildman–Crippen LogP) is 6.22. The van der Waals surface area contributed by atoms with Crippen LogP contribution in [-0.4, -0.2) is 68.3 Å². The first kappa shape index (κ1) is 29.7. The van der Waals surface area contributed by atoms with Gasteiger partial charge in [-0.25, -0.2) is 4.79 Å². The Hall–Kier alpha value is -2.57. The van der Waals surface area contributed by atoms with Crippen molar-refractivity contribution in [1.29, 1.82) is 0 Å². The molecule has 0 spiro atoms. The molecule has 0 atom stereocenters. The van der Waals surface area contributed by atoms with Gasteiger partial charge in [-0.2, -0.15) is 0 Å². The molecule has 0 heterocycles. The largest absolute Gasteiger partial charge is 0.493 e. The maximum atomic E-state index is 12.9. The molecular weight excluding hydrogens is 452 g/mol. The Bertz CT molecular complexity index is 854. The fraction of sp³-hybridized carbons (Fsp3) is 0.567. The second kappa shape index (κ2) is 17.0. The van der Waals surface area contributed by atoms with E-state index in [9.17, 15) is 4.79 Å². The number of hydrogen-bond acceptors (Lipinski definition) is 6. The maximum absolute atomic E-state index is 12.9. The van der Waals surface area contributed by atoms with E-state index in [0.717, 1.165) is 70.5 Å². The molecule has 0 radical (unpaired) electrons. The van der Waals surface area contributed by atoms with Gasteiger partial charge in [0.1, 0.15) is 17.2 Å². The molecule has 36 heavy (non-hydrogen) atoms. The summed E-state index contributed by atoms with van der Waals surface area (Å²) >= 11 is 0. The molecule has 0 bridgehead atoms. The van der Waals surface area contributed by atoms with Gasteiger partial charge in [-0.15, -0.1) is 0 Å². The van der Waals surface area contributed by atoms with Gasteiger partial charge in [0.2, 0.25) is 0 Å². The molecule has 0 saturated heterocycles. The van der Waals surface area contributed by atoms with Crippen LogP contribution in [0.1, 0.15) is 69.3 Å². The van der Waals surface area contributed by atoms with E-state index in [-0.39, 0.29) is 0 Å². The lowest BCUT2D eigenvalue weighted by Crippen LogP contribution is -2.24. The van der Waals surface area contributed by atoms with E-state index in [1.807, 2.05) is 31.2 Å². The van der Waals surface area contributed by atoms with Gasteiger partial charge in [-0.1, -0.05) is 39.8 Å². The molecular formula is C30H46N2O4. The van der Waals surface area contributed by atoms with Crippen LogP contribution in [0, 0.1) is 6.92 Å². The molecule has 0 N–H and O–H groups in total. The highest BCUT2D eigenvalue weighted by atomic mass is 16.5. The van der Waals surface area contributed by atoms with Crippen molar-refractivity contribution in [3.05, 3.63) is 53.6 Å². The van der Waals surface area contributed by atoms with Gasteiger partial charge in [-0.3, -0.25) is 0 Å². The first-order valence-corrected chi connectivity index (χ1v) is 13.6. The second-order valence-corrected chi connectivity index (χ2v) is 9.06. The molecule has 0 amide bonds. The van der Waals surface area contributed by atoms with E-state index < -0.39 is 5.97 Å². The summed E-state index contributed by atoms with van der Waals surface area (Å²) in [5, 5.41) is 0. The molecule has 0 fully saturated rings. The number of esters is 1. The maximum Gasteiger partial charge on any atom is 0.343 e. The lowest BCUT2D eigenvalue weighted by Gasteiger charge is -2.18. The quantitative estimate of drug-likeness (QED) is 0.138. The van der Waals surface area contributed by atoms with Gasteiger partial charge in [0.15, 0.2) is 0 Å². The van der Waals surface area contributed by atoms with Crippen LogP contribution in [0.3, 0.4) is 0 Å². The van der Waals surface area contributed by atoms with E-state index in [4.69, 9.17) is 14.2 Å². The van der Waals surface area contributed by atoms with Crippen molar-refractivity contribution in [3.63, 3.8) is 0 Å². The fourth-order valence-electron chi connectivity index (χ4n) is 4.04. The van der Waals surface area contributed by atoms with Crippen molar-refractivity contribution in [2.45, 2.75) is 60.3 Å². The molecule has 2 aromatic carbocycles. The Kier molecular flexibility index (Phi) is 14.0. The minimum atomic E-state index is -0.418. The molecule has 200 valence electrons. The molecule has 0 aromatic heterocycles. The van der Waals surface area contributed by atoms with Gasteiger partial charge < -0.3 is 24.0 Å². The smallest absolute Gasteiger partial charge is 0.343 e. The number of carbonyl (C=O) groups is 1. The van der Waals surface area contributed by atoms with E-state index in [2.05, 4.69) is 37.5 Å². The number of aryl methyl sites for hydroxylation is 1. The minimum absolute atomic E-state index is 0.418. The van der Waals surface area contributed by atoms with Crippen molar-refractivity contribution >= 4 is 5.97 Å². The van der Waals surface area contributed by atoms with Gasteiger partial charge in [0.25, 0.3) is 0 Å². The number of hydrogen-bond donors (Lipinski definition) is 0. The van der Waals surface area contributed by atoms with Crippen LogP contribution in [0.5, 0.6) is 17.2 Å². The van der Waals surface area contributed by atoms with Gasteiger partial charge >= 0.3 is 5.97 Å². The van der Waals surface area contributed by atoms with E-state index in [1.54, 1.807) is 18.2 Å². The molecule has 0 aliphatic carbocycles. The summed E-state index contributed by atoms with van der Waals surface area (Å²) in [6.45, 7) is 18.3. The van der Waals surface area contributed by atoms with Gasteiger partial charge in [-0.05, 0) is 102 Å². The van der Waals surface area contributed by atoms with Crippen LogP contribution in [0.15, 0.2) is 42.5 Å². The molecule has 6 heteroatoms. The topological polar surface area (TPSA) is 51.2 Å². The average molecular weight is 499 g/mol. The Morgan fingerprint density at radius 2 is 1.22 bits per heavy atom. The van der Waals surface area contributed by atoms with Crippen LogP contribution >= 0.6 is 0 Å².